The van der Waals surface area contributed by atoms with Gasteiger partial charge in [0.05, 0.1) is 30.1 Å². The number of likely N-dealkylation sites (N-methyl/N-ethyl adjacent to an activating group) is 1. The molecule has 1 N–H and O–H groups in total. The number of benzene rings is 1. The van der Waals surface area contributed by atoms with Gasteiger partial charge in [-0.2, -0.15) is 5.10 Å². The standard InChI is InChI=1S/C29H38N8O3/c1-3-10-34-11-7-25(34)28(39)35-12-8-29(40,9-13-35)20-36-21-30-26-24(27(36)38)19-31-37(26)23-6-4-5-22(18-23)33-16-14-32(2)15-17-33/h3-6,18-19,21,25,40H,1,7-17,20H2,2H3. The zero-order valence-corrected chi connectivity index (χ0v) is 23.2. The molecule has 6 rings (SSSR count). The molecule has 3 aliphatic rings. The molecule has 0 radical (unpaired) electrons. The van der Waals surface area contributed by atoms with Gasteiger partial charge in [0.25, 0.3) is 5.56 Å². The molecule has 2 aromatic heterocycles. The van der Waals surface area contributed by atoms with Gasteiger partial charge in [-0.3, -0.25) is 19.1 Å². The Kier molecular flexibility index (Phi) is 7.20. The second-order valence-electron chi connectivity index (χ2n) is 11.4. The van der Waals surface area contributed by atoms with Crippen molar-refractivity contribution in [2.24, 2.45) is 0 Å². The minimum atomic E-state index is -1.08. The maximum absolute atomic E-state index is 13.4. The van der Waals surface area contributed by atoms with Gasteiger partial charge >= 0.3 is 0 Å². The number of anilines is 1. The van der Waals surface area contributed by atoms with Crippen molar-refractivity contribution < 1.29 is 9.90 Å². The molecule has 0 bridgehead atoms. The first-order valence-corrected chi connectivity index (χ1v) is 14.2. The van der Waals surface area contributed by atoms with E-state index < -0.39 is 5.60 Å². The van der Waals surface area contributed by atoms with Crippen LogP contribution < -0.4 is 10.5 Å². The van der Waals surface area contributed by atoms with Gasteiger partial charge in [-0.05, 0) is 44.5 Å². The minimum Gasteiger partial charge on any atom is -0.388 e. The molecule has 0 spiro atoms. The normalized spacial score (nSPS) is 21.9. The Morgan fingerprint density at radius 2 is 1.88 bits per heavy atom. The SMILES string of the molecule is C=CCN1CCC1C(=O)N1CCC(O)(Cn2cnc3c(cnn3-c3cccc(N4CCN(C)CC4)c3)c2=O)CC1. The third-order valence-electron chi connectivity index (χ3n) is 8.75. The van der Waals surface area contributed by atoms with E-state index in [0.29, 0.717) is 43.5 Å². The maximum atomic E-state index is 13.4. The summed E-state index contributed by atoms with van der Waals surface area (Å²) in [6, 6.07) is 8.08. The van der Waals surface area contributed by atoms with Crippen LogP contribution in [0.2, 0.25) is 0 Å². The number of aromatic nitrogens is 4. The van der Waals surface area contributed by atoms with Gasteiger partial charge in [-0.1, -0.05) is 12.1 Å². The van der Waals surface area contributed by atoms with Crippen LogP contribution in [0.4, 0.5) is 5.69 Å². The van der Waals surface area contributed by atoms with Crippen LogP contribution >= 0.6 is 0 Å². The number of hydrogen-bond acceptors (Lipinski definition) is 8. The zero-order chi connectivity index (χ0) is 27.9. The first kappa shape index (κ1) is 26.7. The van der Waals surface area contributed by atoms with Crippen LogP contribution in [0.1, 0.15) is 19.3 Å². The lowest BCUT2D eigenvalue weighted by Gasteiger charge is -2.44. The lowest BCUT2D eigenvalue weighted by molar-refractivity contribution is -0.145. The summed E-state index contributed by atoms with van der Waals surface area (Å²) in [5, 5.41) is 16.3. The lowest BCUT2D eigenvalue weighted by Crippen LogP contribution is -2.59. The van der Waals surface area contributed by atoms with E-state index in [2.05, 4.69) is 50.5 Å². The van der Waals surface area contributed by atoms with Crippen molar-refractivity contribution in [3.63, 3.8) is 0 Å². The van der Waals surface area contributed by atoms with Crippen LogP contribution in [0.25, 0.3) is 16.7 Å². The summed E-state index contributed by atoms with van der Waals surface area (Å²) in [7, 11) is 2.14. The smallest absolute Gasteiger partial charge is 0.264 e. The van der Waals surface area contributed by atoms with Gasteiger partial charge in [0.1, 0.15) is 11.7 Å². The van der Waals surface area contributed by atoms with Crippen molar-refractivity contribution in [1.82, 2.24) is 34.0 Å². The number of piperidine rings is 1. The summed E-state index contributed by atoms with van der Waals surface area (Å²) < 4.78 is 3.18. The number of hydrogen-bond donors (Lipinski definition) is 1. The van der Waals surface area contributed by atoms with Crippen LogP contribution in [0.15, 0.2) is 54.2 Å². The van der Waals surface area contributed by atoms with Gasteiger partial charge in [0, 0.05) is 58.0 Å². The van der Waals surface area contributed by atoms with E-state index in [9.17, 15) is 14.7 Å². The molecule has 3 fully saturated rings. The topological polar surface area (TPSA) is 103 Å². The van der Waals surface area contributed by atoms with Gasteiger partial charge in [-0.25, -0.2) is 9.67 Å². The zero-order valence-electron chi connectivity index (χ0n) is 23.2. The fraction of sp³-hybridized carbons (Fsp3) is 0.517. The van der Waals surface area contributed by atoms with Crippen molar-refractivity contribution >= 4 is 22.6 Å². The Morgan fingerprint density at radius 1 is 1.12 bits per heavy atom. The fourth-order valence-electron chi connectivity index (χ4n) is 6.07. The number of likely N-dealkylation sites (tertiary alicyclic amines) is 2. The number of rotatable bonds is 7. The summed E-state index contributed by atoms with van der Waals surface area (Å²) in [4.78, 5) is 39.6. The number of aliphatic hydroxyl groups is 1. The largest absolute Gasteiger partial charge is 0.388 e. The number of nitrogens with zero attached hydrogens (tertiary/aromatic N) is 8. The maximum Gasteiger partial charge on any atom is 0.264 e. The van der Waals surface area contributed by atoms with Crippen LogP contribution in [-0.4, -0.2) is 116 Å². The van der Waals surface area contributed by atoms with E-state index in [1.54, 1.807) is 10.9 Å². The molecule has 0 saturated carbocycles. The number of carbonyl (C=O) groups is 1. The highest BCUT2D eigenvalue weighted by Crippen LogP contribution is 2.27. The van der Waals surface area contributed by atoms with E-state index in [0.717, 1.165) is 50.5 Å². The Bertz CT molecular complexity index is 1450. The molecule has 11 nitrogen and oxygen atoms in total. The predicted octanol–water partition coefficient (Wildman–Crippen LogP) is 0.948. The third kappa shape index (κ3) is 5.04. The summed E-state index contributed by atoms with van der Waals surface area (Å²) >= 11 is 0. The molecule has 212 valence electrons. The molecular formula is C29H38N8O3. The van der Waals surface area contributed by atoms with E-state index in [1.807, 2.05) is 23.1 Å². The summed E-state index contributed by atoms with van der Waals surface area (Å²) in [5.74, 6) is 0.125. The molecule has 11 heteroatoms. The van der Waals surface area contributed by atoms with Crippen molar-refractivity contribution in [1.29, 1.82) is 0 Å². The molecule has 3 aromatic rings. The highest BCUT2D eigenvalue weighted by atomic mass is 16.3. The highest BCUT2D eigenvalue weighted by Gasteiger charge is 2.40. The Hall–Kier alpha value is -3.54. The first-order valence-electron chi connectivity index (χ1n) is 14.2. The number of amides is 1. The van der Waals surface area contributed by atoms with Crippen molar-refractivity contribution in [3.05, 3.63) is 59.8 Å². The number of carbonyl (C=O) groups excluding carboxylic acids is 1. The van der Waals surface area contributed by atoms with E-state index in [-0.39, 0.29) is 24.1 Å². The molecule has 1 aromatic carbocycles. The summed E-state index contributed by atoms with van der Waals surface area (Å²) in [6.07, 6.45) is 6.58. The van der Waals surface area contributed by atoms with Gasteiger partial charge in [-0.15, -0.1) is 6.58 Å². The van der Waals surface area contributed by atoms with Crippen molar-refractivity contribution in [3.8, 4) is 5.69 Å². The Balaban J connectivity index is 1.15. The molecule has 1 amide bonds. The molecule has 3 aliphatic heterocycles. The van der Waals surface area contributed by atoms with Gasteiger partial charge in [0.15, 0.2) is 5.65 Å². The third-order valence-corrected chi connectivity index (χ3v) is 8.75. The highest BCUT2D eigenvalue weighted by molar-refractivity contribution is 5.83. The molecule has 40 heavy (non-hydrogen) atoms. The molecule has 3 saturated heterocycles. The second kappa shape index (κ2) is 10.8. The van der Waals surface area contributed by atoms with E-state index in [4.69, 9.17) is 0 Å². The number of piperazine rings is 1. The van der Waals surface area contributed by atoms with Gasteiger partial charge in [0.2, 0.25) is 5.91 Å². The molecule has 0 aliphatic carbocycles. The van der Waals surface area contributed by atoms with Crippen LogP contribution in [0, 0.1) is 0 Å². The number of fused-ring (bicyclic) bond motifs is 1. The second-order valence-corrected chi connectivity index (χ2v) is 11.4. The lowest BCUT2D eigenvalue weighted by atomic mass is 9.90. The van der Waals surface area contributed by atoms with Crippen molar-refractivity contribution in [2.75, 3.05) is 64.3 Å². The Morgan fingerprint density at radius 3 is 2.58 bits per heavy atom. The quantitative estimate of drug-likeness (QED) is 0.437. The van der Waals surface area contributed by atoms with Gasteiger partial charge < -0.3 is 19.8 Å². The molecular weight excluding hydrogens is 508 g/mol. The molecule has 1 atom stereocenters. The average molecular weight is 547 g/mol. The Labute approximate surface area is 233 Å². The van der Waals surface area contributed by atoms with E-state index >= 15 is 0 Å². The average Bonchev–Trinajstić information content (AvgIpc) is 3.38. The molecule has 1 unspecified atom stereocenters. The van der Waals surface area contributed by atoms with Crippen LogP contribution in [0.5, 0.6) is 0 Å². The van der Waals surface area contributed by atoms with Crippen LogP contribution in [-0.2, 0) is 11.3 Å². The minimum absolute atomic E-state index is 0.0859. The van der Waals surface area contributed by atoms with Crippen LogP contribution in [0.3, 0.4) is 0 Å². The van der Waals surface area contributed by atoms with E-state index in [1.165, 1.54) is 10.9 Å². The monoisotopic (exact) mass is 546 g/mol. The molecule has 5 heterocycles. The summed E-state index contributed by atoms with van der Waals surface area (Å²) in [5.41, 5.74) is 1.16. The first-order chi connectivity index (χ1) is 19.3. The fourth-order valence-corrected chi connectivity index (χ4v) is 6.07. The summed E-state index contributed by atoms with van der Waals surface area (Å²) in [6.45, 7) is 10.4. The predicted molar refractivity (Wildman–Crippen MR) is 154 cm³/mol. The van der Waals surface area contributed by atoms with Crippen molar-refractivity contribution in [2.45, 2.75) is 37.5 Å².